The first-order valence-corrected chi connectivity index (χ1v) is 7.57. The van der Waals surface area contributed by atoms with Crippen molar-refractivity contribution in [3.05, 3.63) is 0 Å². The lowest BCUT2D eigenvalue weighted by Gasteiger charge is -2.37. The number of rotatable bonds is 5. The first-order chi connectivity index (χ1) is 9.33. The van der Waals surface area contributed by atoms with Gasteiger partial charge in [0.2, 0.25) is 0 Å². The molecule has 0 aromatic carbocycles. The predicted molar refractivity (Wildman–Crippen MR) is 77.6 cm³/mol. The Morgan fingerprint density at radius 1 is 1.35 bits per heavy atom. The van der Waals surface area contributed by atoms with Crippen LogP contribution in [0.15, 0.2) is 0 Å². The van der Waals surface area contributed by atoms with Crippen LogP contribution in [0.3, 0.4) is 0 Å². The number of carbonyl (C=O) groups excluding carboxylic acids is 1. The lowest BCUT2D eigenvalue weighted by atomic mass is 9.92. The van der Waals surface area contributed by atoms with E-state index < -0.39 is 5.60 Å². The molecular weight excluding hydrogens is 258 g/mol. The molecule has 0 radical (unpaired) electrons. The van der Waals surface area contributed by atoms with E-state index in [2.05, 4.69) is 6.92 Å². The highest BCUT2D eigenvalue weighted by Gasteiger charge is 2.32. The van der Waals surface area contributed by atoms with Crippen LogP contribution in [0.25, 0.3) is 0 Å². The summed E-state index contributed by atoms with van der Waals surface area (Å²) in [5.41, 5.74) is -0.479. The highest BCUT2D eigenvalue weighted by atomic mass is 16.6. The topological polar surface area (TPSA) is 59.0 Å². The summed E-state index contributed by atoms with van der Waals surface area (Å²) in [5, 5.41) is 10.0. The number of aliphatic hydroxyl groups is 1. The van der Waals surface area contributed by atoms with Crippen molar-refractivity contribution in [3.8, 4) is 0 Å². The summed E-state index contributed by atoms with van der Waals surface area (Å²) < 4.78 is 10.8. The maximum Gasteiger partial charge on any atom is 0.410 e. The summed E-state index contributed by atoms with van der Waals surface area (Å²) in [6, 6.07) is 0. The lowest BCUT2D eigenvalue weighted by Crippen LogP contribution is -2.47. The van der Waals surface area contributed by atoms with E-state index in [0.717, 1.165) is 19.4 Å². The lowest BCUT2D eigenvalue weighted by molar-refractivity contribution is -0.0163. The molecule has 118 valence electrons. The van der Waals surface area contributed by atoms with Crippen LogP contribution in [0.1, 0.15) is 47.0 Å². The number of hydrogen-bond donors (Lipinski definition) is 1. The predicted octanol–water partition coefficient (Wildman–Crippen LogP) is 2.42. The van der Waals surface area contributed by atoms with Crippen LogP contribution in [-0.4, -0.2) is 54.1 Å². The SMILES string of the molecule is CCCOCCC1CN(C(=O)OC(C)(C)C)CCC1O. The molecule has 1 aliphatic heterocycles. The van der Waals surface area contributed by atoms with E-state index in [1.807, 2.05) is 20.8 Å². The molecule has 1 amide bonds. The van der Waals surface area contributed by atoms with Gasteiger partial charge in [-0.1, -0.05) is 6.92 Å². The summed E-state index contributed by atoms with van der Waals surface area (Å²) >= 11 is 0. The molecule has 1 fully saturated rings. The second-order valence-electron chi connectivity index (χ2n) is 6.44. The number of ether oxygens (including phenoxy) is 2. The van der Waals surface area contributed by atoms with E-state index in [-0.39, 0.29) is 18.1 Å². The Bertz CT molecular complexity index is 301. The molecule has 1 aliphatic rings. The fraction of sp³-hybridized carbons (Fsp3) is 0.933. The van der Waals surface area contributed by atoms with Gasteiger partial charge in [-0.25, -0.2) is 4.79 Å². The van der Waals surface area contributed by atoms with Gasteiger partial charge in [-0.15, -0.1) is 0 Å². The van der Waals surface area contributed by atoms with Gasteiger partial charge in [0, 0.05) is 32.2 Å². The Morgan fingerprint density at radius 3 is 2.65 bits per heavy atom. The van der Waals surface area contributed by atoms with E-state index in [9.17, 15) is 9.90 Å². The smallest absolute Gasteiger partial charge is 0.410 e. The molecule has 1 rings (SSSR count). The van der Waals surface area contributed by atoms with Crippen molar-refractivity contribution in [2.75, 3.05) is 26.3 Å². The number of likely N-dealkylation sites (tertiary alicyclic amines) is 1. The summed E-state index contributed by atoms with van der Waals surface area (Å²) in [5.74, 6) is 0.0770. The molecule has 0 aliphatic carbocycles. The van der Waals surface area contributed by atoms with Gasteiger partial charge in [0.1, 0.15) is 5.60 Å². The van der Waals surface area contributed by atoms with Crippen molar-refractivity contribution in [1.82, 2.24) is 4.90 Å². The summed E-state index contributed by atoms with van der Waals surface area (Å²) in [6.45, 7) is 10.1. The zero-order valence-corrected chi connectivity index (χ0v) is 13.2. The molecule has 2 atom stereocenters. The fourth-order valence-electron chi connectivity index (χ4n) is 2.28. The minimum atomic E-state index is -0.479. The first-order valence-electron chi connectivity index (χ1n) is 7.57. The summed E-state index contributed by atoms with van der Waals surface area (Å²) in [6.07, 6.45) is 1.75. The number of nitrogens with zero attached hydrogens (tertiary/aromatic N) is 1. The number of aliphatic hydroxyl groups excluding tert-OH is 1. The van der Waals surface area contributed by atoms with E-state index in [0.29, 0.717) is 26.1 Å². The number of carbonyl (C=O) groups is 1. The average molecular weight is 287 g/mol. The number of amides is 1. The molecule has 5 heteroatoms. The van der Waals surface area contributed by atoms with Gasteiger partial charge in [0.25, 0.3) is 0 Å². The third-order valence-electron chi connectivity index (χ3n) is 3.33. The monoisotopic (exact) mass is 287 g/mol. The molecular formula is C15H29NO4. The van der Waals surface area contributed by atoms with Crippen LogP contribution in [0, 0.1) is 5.92 Å². The van der Waals surface area contributed by atoms with Gasteiger partial charge in [0.05, 0.1) is 6.10 Å². The molecule has 0 aromatic rings. The minimum absolute atomic E-state index is 0.0770. The van der Waals surface area contributed by atoms with Crippen LogP contribution < -0.4 is 0 Å². The van der Waals surface area contributed by atoms with Crippen LogP contribution >= 0.6 is 0 Å². The van der Waals surface area contributed by atoms with Gasteiger partial charge in [-0.2, -0.15) is 0 Å². The van der Waals surface area contributed by atoms with Crippen molar-refractivity contribution in [2.45, 2.75) is 58.7 Å². The van der Waals surface area contributed by atoms with Gasteiger partial charge < -0.3 is 19.5 Å². The van der Waals surface area contributed by atoms with Crippen LogP contribution in [0.5, 0.6) is 0 Å². The maximum absolute atomic E-state index is 12.0. The van der Waals surface area contributed by atoms with Crippen LogP contribution in [-0.2, 0) is 9.47 Å². The molecule has 0 saturated carbocycles. The van der Waals surface area contributed by atoms with E-state index in [1.54, 1.807) is 4.90 Å². The molecule has 2 unspecified atom stereocenters. The Labute approximate surface area is 122 Å². The maximum atomic E-state index is 12.0. The molecule has 0 aromatic heterocycles. The Hall–Kier alpha value is -0.810. The molecule has 1 N–H and O–H groups in total. The zero-order chi connectivity index (χ0) is 15.2. The van der Waals surface area contributed by atoms with Crippen molar-refractivity contribution >= 4 is 6.09 Å². The van der Waals surface area contributed by atoms with Gasteiger partial charge in [0.15, 0.2) is 0 Å². The second-order valence-corrected chi connectivity index (χ2v) is 6.44. The van der Waals surface area contributed by atoms with E-state index >= 15 is 0 Å². The normalized spacial score (nSPS) is 23.8. The van der Waals surface area contributed by atoms with Crippen molar-refractivity contribution < 1.29 is 19.4 Å². The second kappa shape index (κ2) is 7.84. The van der Waals surface area contributed by atoms with Crippen molar-refractivity contribution in [1.29, 1.82) is 0 Å². The van der Waals surface area contributed by atoms with E-state index in [1.165, 1.54) is 0 Å². The van der Waals surface area contributed by atoms with Gasteiger partial charge in [-0.3, -0.25) is 0 Å². The zero-order valence-electron chi connectivity index (χ0n) is 13.2. The minimum Gasteiger partial charge on any atom is -0.444 e. The standard InChI is InChI=1S/C15H29NO4/c1-5-9-19-10-7-12-11-16(8-6-13(12)17)14(18)20-15(2,3)4/h12-13,17H,5-11H2,1-4H3. The van der Waals surface area contributed by atoms with Crippen molar-refractivity contribution in [2.24, 2.45) is 5.92 Å². The Balaban J connectivity index is 2.42. The fourth-order valence-corrected chi connectivity index (χ4v) is 2.28. The van der Waals surface area contributed by atoms with Crippen LogP contribution in [0.4, 0.5) is 4.79 Å². The average Bonchev–Trinajstić information content (AvgIpc) is 2.34. The Kier molecular flexibility index (Phi) is 6.76. The quantitative estimate of drug-likeness (QED) is 0.789. The van der Waals surface area contributed by atoms with Crippen LogP contribution in [0.2, 0.25) is 0 Å². The Morgan fingerprint density at radius 2 is 2.05 bits per heavy atom. The van der Waals surface area contributed by atoms with Gasteiger partial charge in [-0.05, 0) is 40.0 Å². The molecule has 5 nitrogen and oxygen atoms in total. The third kappa shape index (κ3) is 6.09. The van der Waals surface area contributed by atoms with E-state index in [4.69, 9.17) is 9.47 Å². The number of piperidine rings is 1. The highest BCUT2D eigenvalue weighted by Crippen LogP contribution is 2.22. The largest absolute Gasteiger partial charge is 0.444 e. The van der Waals surface area contributed by atoms with Gasteiger partial charge >= 0.3 is 6.09 Å². The first kappa shape index (κ1) is 17.2. The molecule has 0 spiro atoms. The summed E-state index contributed by atoms with van der Waals surface area (Å²) in [7, 11) is 0. The molecule has 0 bridgehead atoms. The molecule has 20 heavy (non-hydrogen) atoms. The third-order valence-corrected chi connectivity index (χ3v) is 3.33. The molecule has 1 saturated heterocycles. The van der Waals surface area contributed by atoms with Crippen molar-refractivity contribution in [3.63, 3.8) is 0 Å². The number of hydrogen-bond acceptors (Lipinski definition) is 4. The molecule has 1 heterocycles. The summed E-state index contributed by atoms with van der Waals surface area (Å²) in [4.78, 5) is 13.7. The highest BCUT2D eigenvalue weighted by molar-refractivity contribution is 5.68.